The lowest BCUT2D eigenvalue weighted by atomic mass is 10.0. The van der Waals surface area contributed by atoms with Crippen LogP contribution in [0.5, 0.6) is 5.75 Å². The molecule has 8 heteroatoms. The minimum absolute atomic E-state index is 0. The van der Waals surface area contributed by atoms with Crippen LogP contribution in [0.15, 0.2) is 18.2 Å². The van der Waals surface area contributed by atoms with Gasteiger partial charge in [0.2, 0.25) is 0 Å². The van der Waals surface area contributed by atoms with Crippen LogP contribution < -0.4 is 10.5 Å². The highest BCUT2D eigenvalue weighted by Crippen LogP contribution is 2.27. The van der Waals surface area contributed by atoms with Gasteiger partial charge < -0.3 is 15.6 Å². The van der Waals surface area contributed by atoms with Crippen molar-refractivity contribution in [3.63, 3.8) is 0 Å². The van der Waals surface area contributed by atoms with Gasteiger partial charge in [0.15, 0.2) is 11.6 Å². The van der Waals surface area contributed by atoms with Crippen LogP contribution in [0.2, 0.25) is 0 Å². The van der Waals surface area contributed by atoms with Gasteiger partial charge in [-0.2, -0.15) is 0 Å². The van der Waals surface area contributed by atoms with E-state index in [0.29, 0.717) is 5.56 Å². The number of aliphatic hydroxyl groups excluding tert-OH is 1. The highest BCUT2D eigenvalue weighted by molar-refractivity contribution is 5.85. The molecule has 104 valence electrons. The summed E-state index contributed by atoms with van der Waals surface area (Å²) in [7, 11) is 0. The minimum atomic E-state index is -4.93. The molecular weight excluding hydrogens is 278 g/mol. The molecular formula is C10H12ClF4NO2. The zero-order chi connectivity index (χ0) is 13.1. The van der Waals surface area contributed by atoms with Gasteiger partial charge in [0.05, 0.1) is 0 Å². The summed E-state index contributed by atoms with van der Waals surface area (Å²) in [6.07, 6.45) is -4.74. The molecule has 0 fully saturated rings. The number of halogens is 5. The van der Waals surface area contributed by atoms with Crippen LogP contribution in [-0.4, -0.2) is 18.1 Å². The van der Waals surface area contributed by atoms with E-state index in [2.05, 4.69) is 4.74 Å². The van der Waals surface area contributed by atoms with Crippen molar-refractivity contribution >= 4 is 12.4 Å². The summed E-state index contributed by atoms with van der Waals surface area (Å²) in [6.45, 7) is -0.191. The van der Waals surface area contributed by atoms with Gasteiger partial charge in [-0.1, -0.05) is 6.07 Å². The summed E-state index contributed by atoms with van der Waals surface area (Å²) in [4.78, 5) is 0. The van der Waals surface area contributed by atoms with E-state index in [-0.39, 0.29) is 25.4 Å². The molecule has 0 radical (unpaired) electrons. The largest absolute Gasteiger partial charge is 0.573 e. The number of ether oxygens (including phenoxy) is 1. The van der Waals surface area contributed by atoms with Gasteiger partial charge in [-0.05, 0) is 24.1 Å². The minimum Gasteiger partial charge on any atom is -0.403 e. The smallest absolute Gasteiger partial charge is 0.403 e. The maximum atomic E-state index is 13.2. The summed E-state index contributed by atoms with van der Waals surface area (Å²) in [5.41, 5.74) is 5.86. The van der Waals surface area contributed by atoms with E-state index in [1.54, 1.807) is 0 Å². The first-order valence-corrected chi connectivity index (χ1v) is 4.75. The van der Waals surface area contributed by atoms with E-state index < -0.39 is 24.0 Å². The van der Waals surface area contributed by atoms with Crippen LogP contribution in [0.25, 0.3) is 0 Å². The van der Waals surface area contributed by atoms with Crippen molar-refractivity contribution < 1.29 is 27.4 Å². The maximum Gasteiger partial charge on any atom is 0.573 e. The van der Waals surface area contributed by atoms with Crippen molar-refractivity contribution in [2.75, 3.05) is 6.61 Å². The van der Waals surface area contributed by atoms with Crippen LogP contribution in [0, 0.1) is 5.82 Å². The quantitative estimate of drug-likeness (QED) is 0.838. The van der Waals surface area contributed by atoms with Gasteiger partial charge in [0, 0.05) is 12.6 Å². The van der Waals surface area contributed by atoms with Crippen molar-refractivity contribution in [1.29, 1.82) is 0 Å². The molecule has 1 atom stereocenters. The molecule has 3 nitrogen and oxygen atoms in total. The SMILES string of the molecule is Cl.N[C@H](CCO)c1ccc(OC(F)(F)F)c(F)c1. The van der Waals surface area contributed by atoms with Gasteiger partial charge in [0.1, 0.15) is 0 Å². The fraction of sp³-hybridized carbons (Fsp3) is 0.400. The Kier molecular flexibility index (Phi) is 6.37. The maximum absolute atomic E-state index is 13.2. The van der Waals surface area contributed by atoms with E-state index >= 15 is 0 Å². The second-order valence-corrected chi connectivity index (χ2v) is 3.36. The highest BCUT2D eigenvalue weighted by atomic mass is 35.5. The lowest BCUT2D eigenvalue weighted by Crippen LogP contribution is -2.18. The second kappa shape index (κ2) is 6.77. The molecule has 0 saturated heterocycles. The molecule has 0 aliphatic rings. The van der Waals surface area contributed by atoms with Gasteiger partial charge >= 0.3 is 6.36 Å². The third-order valence-corrected chi connectivity index (χ3v) is 2.05. The summed E-state index contributed by atoms with van der Waals surface area (Å²) in [6, 6.07) is 2.32. The van der Waals surface area contributed by atoms with Crippen LogP contribution in [0.4, 0.5) is 17.6 Å². The standard InChI is InChI=1S/C10H11F4NO2.ClH/c11-7-5-6(8(15)3-4-16)1-2-9(7)17-10(12,13)14;/h1-2,5,8,16H,3-4,15H2;1H/t8-;/m1./s1. The molecule has 3 N–H and O–H groups in total. The third kappa shape index (κ3) is 5.07. The third-order valence-electron chi connectivity index (χ3n) is 2.05. The van der Waals surface area contributed by atoms with Gasteiger partial charge in [-0.3, -0.25) is 0 Å². The zero-order valence-electron chi connectivity index (χ0n) is 9.08. The van der Waals surface area contributed by atoms with E-state index in [1.807, 2.05) is 0 Å². The Hall–Kier alpha value is -1.05. The van der Waals surface area contributed by atoms with Gasteiger partial charge in [0.25, 0.3) is 0 Å². The van der Waals surface area contributed by atoms with Crippen LogP contribution in [0.3, 0.4) is 0 Å². The number of nitrogens with two attached hydrogens (primary N) is 1. The summed E-state index contributed by atoms with van der Waals surface area (Å²) >= 11 is 0. The molecule has 0 bridgehead atoms. The highest BCUT2D eigenvalue weighted by Gasteiger charge is 2.32. The van der Waals surface area contributed by atoms with E-state index in [0.717, 1.165) is 12.1 Å². The number of benzene rings is 1. The number of hydrogen-bond donors (Lipinski definition) is 2. The van der Waals surface area contributed by atoms with Gasteiger partial charge in [-0.25, -0.2) is 4.39 Å². The molecule has 0 aliphatic heterocycles. The lowest BCUT2D eigenvalue weighted by molar-refractivity contribution is -0.275. The van der Waals surface area contributed by atoms with Crippen LogP contribution >= 0.6 is 12.4 Å². The average molecular weight is 290 g/mol. The van der Waals surface area contributed by atoms with E-state index in [4.69, 9.17) is 10.8 Å². The Bertz CT molecular complexity index is 387. The number of aliphatic hydroxyl groups is 1. The molecule has 0 heterocycles. The van der Waals surface area contributed by atoms with Crippen LogP contribution in [0.1, 0.15) is 18.0 Å². The predicted molar refractivity (Wildman–Crippen MR) is 59.0 cm³/mol. The summed E-state index contributed by atoms with van der Waals surface area (Å²) in [5, 5.41) is 8.63. The first kappa shape index (κ1) is 16.9. The summed E-state index contributed by atoms with van der Waals surface area (Å²) in [5.74, 6) is -2.05. The first-order chi connectivity index (χ1) is 7.83. The van der Waals surface area contributed by atoms with Gasteiger partial charge in [-0.15, -0.1) is 25.6 Å². The molecule has 1 aromatic rings. The van der Waals surface area contributed by atoms with Crippen molar-refractivity contribution in [1.82, 2.24) is 0 Å². The van der Waals surface area contributed by atoms with Crippen molar-refractivity contribution in [2.24, 2.45) is 5.73 Å². The fourth-order valence-corrected chi connectivity index (χ4v) is 1.26. The first-order valence-electron chi connectivity index (χ1n) is 4.75. The molecule has 0 aromatic heterocycles. The molecule has 0 amide bonds. The predicted octanol–water partition coefficient (Wildman–Crippen LogP) is 2.53. The van der Waals surface area contributed by atoms with Crippen molar-refractivity contribution in [3.8, 4) is 5.75 Å². The van der Waals surface area contributed by atoms with Crippen LogP contribution in [-0.2, 0) is 0 Å². The molecule has 1 aromatic carbocycles. The topological polar surface area (TPSA) is 55.5 Å². The molecule has 18 heavy (non-hydrogen) atoms. The summed E-state index contributed by atoms with van der Waals surface area (Å²) < 4.78 is 52.3. The second-order valence-electron chi connectivity index (χ2n) is 3.36. The average Bonchev–Trinajstić information content (AvgIpc) is 2.19. The Morgan fingerprint density at radius 3 is 2.39 bits per heavy atom. The Labute approximate surface area is 107 Å². The Balaban J connectivity index is 0.00000289. The lowest BCUT2D eigenvalue weighted by Gasteiger charge is -2.13. The molecule has 0 spiro atoms. The monoisotopic (exact) mass is 289 g/mol. The van der Waals surface area contributed by atoms with Crippen molar-refractivity contribution in [3.05, 3.63) is 29.6 Å². The Morgan fingerprint density at radius 2 is 1.94 bits per heavy atom. The normalized spacial score (nSPS) is 12.8. The molecule has 0 unspecified atom stereocenters. The number of alkyl halides is 3. The van der Waals surface area contributed by atoms with E-state index in [1.165, 1.54) is 6.07 Å². The zero-order valence-corrected chi connectivity index (χ0v) is 9.89. The molecule has 0 aliphatic carbocycles. The van der Waals surface area contributed by atoms with E-state index in [9.17, 15) is 17.6 Å². The number of rotatable bonds is 4. The molecule has 1 rings (SSSR count). The Morgan fingerprint density at radius 1 is 1.33 bits per heavy atom. The fourth-order valence-electron chi connectivity index (χ4n) is 1.26. The molecule has 0 saturated carbocycles. The number of hydrogen-bond acceptors (Lipinski definition) is 3. The van der Waals surface area contributed by atoms with Crippen molar-refractivity contribution in [2.45, 2.75) is 18.8 Å².